The molecule has 130 valence electrons. The summed E-state index contributed by atoms with van der Waals surface area (Å²) in [5, 5.41) is 3.34. The maximum absolute atomic E-state index is 12.2. The van der Waals surface area contributed by atoms with Gasteiger partial charge in [0.25, 0.3) is 0 Å². The highest BCUT2D eigenvalue weighted by atomic mass is 79.9. The van der Waals surface area contributed by atoms with Crippen LogP contribution in [0.2, 0.25) is 0 Å². The van der Waals surface area contributed by atoms with Gasteiger partial charge < -0.3 is 19.7 Å². The second-order valence-electron chi connectivity index (χ2n) is 6.27. The third-order valence-electron chi connectivity index (χ3n) is 2.99. The van der Waals surface area contributed by atoms with Gasteiger partial charge in [-0.15, -0.1) is 0 Å². The summed E-state index contributed by atoms with van der Waals surface area (Å²) in [7, 11) is 1.62. The third-order valence-corrected chi connectivity index (χ3v) is 3.49. The molecule has 0 spiro atoms. The molecule has 0 aliphatic rings. The van der Waals surface area contributed by atoms with Gasteiger partial charge in [-0.25, -0.2) is 4.79 Å². The molecule has 0 saturated heterocycles. The third kappa shape index (κ3) is 8.93. The van der Waals surface area contributed by atoms with Crippen molar-refractivity contribution in [2.45, 2.75) is 32.9 Å². The molecule has 1 rings (SSSR count). The Morgan fingerprint density at radius 2 is 2.04 bits per heavy atom. The molecule has 23 heavy (non-hydrogen) atoms. The summed E-state index contributed by atoms with van der Waals surface area (Å²) in [4.78, 5) is 13.9. The zero-order chi connectivity index (χ0) is 17.3. The molecule has 0 saturated carbocycles. The number of benzene rings is 1. The Morgan fingerprint density at radius 1 is 1.30 bits per heavy atom. The molecule has 1 amide bonds. The van der Waals surface area contributed by atoms with Gasteiger partial charge in [0.15, 0.2) is 0 Å². The van der Waals surface area contributed by atoms with Gasteiger partial charge in [0, 0.05) is 37.8 Å². The number of ether oxygens (including phenoxy) is 2. The van der Waals surface area contributed by atoms with Crippen LogP contribution in [0.25, 0.3) is 0 Å². The lowest BCUT2D eigenvalue weighted by atomic mass is 10.2. The van der Waals surface area contributed by atoms with Crippen molar-refractivity contribution in [3.8, 4) is 0 Å². The highest BCUT2D eigenvalue weighted by Gasteiger charge is 2.21. The van der Waals surface area contributed by atoms with Crippen LogP contribution >= 0.6 is 15.9 Å². The lowest BCUT2D eigenvalue weighted by Gasteiger charge is -2.27. The Balaban J connectivity index is 2.42. The quantitative estimate of drug-likeness (QED) is 0.695. The van der Waals surface area contributed by atoms with Gasteiger partial charge >= 0.3 is 6.09 Å². The summed E-state index contributed by atoms with van der Waals surface area (Å²) in [5.41, 5.74) is 0.701. The van der Waals surface area contributed by atoms with E-state index < -0.39 is 5.60 Å². The van der Waals surface area contributed by atoms with Crippen LogP contribution in [0, 0.1) is 0 Å². The average Bonchev–Trinajstić information content (AvgIpc) is 2.44. The average molecular weight is 387 g/mol. The molecule has 6 heteroatoms. The number of carbonyl (C=O) groups excluding carboxylic acids is 1. The van der Waals surface area contributed by atoms with Gasteiger partial charge in [0.1, 0.15) is 5.60 Å². The molecular formula is C17H27BrN2O3. The second kappa shape index (κ2) is 9.90. The number of rotatable bonds is 8. The molecule has 0 atom stereocenters. The van der Waals surface area contributed by atoms with Crippen LogP contribution in [-0.2, 0) is 16.0 Å². The molecule has 0 aliphatic heterocycles. The van der Waals surface area contributed by atoms with E-state index in [9.17, 15) is 4.79 Å². The van der Waals surface area contributed by atoms with Crippen molar-refractivity contribution in [2.75, 3.05) is 33.4 Å². The molecule has 0 aromatic heterocycles. The Hall–Kier alpha value is -1.11. The first-order valence-corrected chi connectivity index (χ1v) is 8.53. The number of nitrogens with zero attached hydrogens (tertiary/aromatic N) is 1. The van der Waals surface area contributed by atoms with Gasteiger partial charge in [-0.1, -0.05) is 28.1 Å². The van der Waals surface area contributed by atoms with Crippen molar-refractivity contribution in [1.29, 1.82) is 0 Å². The fraction of sp³-hybridized carbons (Fsp3) is 0.588. The highest BCUT2D eigenvalue weighted by Crippen LogP contribution is 2.11. The van der Waals surface area contributed by atoms with Gasteiger partial charge in [-0.05, 0) is 38.5 Å². The van der Waals surface area contributed by atoms with Crippen LogP contribution < -0.4 is 5.32 Å². The first kappa shape index (κ1) is 19.9. The van der Waals surface area contributed by atoms with Gasteiger partial charge in [-0.2, -0.15) is 0 Å². The Kier molecular flexibility index (Phi) is 8.58. The molecule has 0 heterocycles. The van der Waals surface area contributed by atoms with Crippen LogP contribution in [0.3, 0.4) is 0 Å². The minimum atomic E-state index is -0.494. The van der Waals surface area contributed by atoms with E-state index >= 15 is 0 Å². The number of amides is 1. The highest BCUT2D eigenvalue weighted by molar-refractivity contribution is 9.10. The van der Waals surface area contributed by atoms with E-state index in [1.807, 2.05) is 32.9 Å². The molecular weight excluding hydrogens is 360 g/mol. The van der Waals surface area contributed by atoms with E-state index in [-0.39, 0.29) is 6.09 Å². The van der Waals surface area contributed by atoms with Crippen LogP contribution in [0.4, 0.5) is 4.79 Å². The monoisotopic (exact) mass is 386 g/mol. The number of methoxy groups -OCH3 is 1. The molecule has 1 aromatic carbocycles. The van der Waals surface area contributed by atoms with Gasteiger partial charge in [0.2, 0.25) is 0 Å². The summed E-state index contributed by atoms with van der Waals surface area (Å²) in [6.45, 7) is 8.63. The summed E-state index contributed by atoms with van der Waals surface area (Å²) in [5.74, 6) is 0. The topological polar surface area (TPSA) is 50.8 Å². The van der Waals surface area contributed by atoms with Crippen LogP contribution in [0.15, 0.2) is 28.7 Å². The number of carbonyl (C=O) groups is 1. The van der Waals surface area contributed by atoms with Crippen LogP contribution in [-0.4, -0.2) is 49.9 Å². The van der Waals surface area contributed by atoms with Crippen molar-refractivity contribution >= 4 is 22.0 Å². The first-order valence-electron chi connectivity index (χ1n) is 7.74. The first-order chi connectivity index (χ1) is 10.8. The van der Waals surface area contributed by atoms with E-state index in [4.69, 9.17) is 9.47 Å². The number of nitrogens with one attached hydrogen (secondary N) is 1. The fourth-order valence-corrected chi connectivity index (χ4v) is 2.36. The smallest absolute Gasteiger partial charge is 0.410 e. The lowest BCUT2D eigenvalue weighted by Crippen LogP contribution is -2.42. The van der Waals surface area contributed by atoms with Crippen molar-refractivity contribution in [1.82, 2.24) is 10.2 Å². The van der Waals surface area contributed by atoms with Gasteiger partial charge in [0.05, 0.1) is 6.61 Å². The van der Waals surface area contributed by atoms with Crippen molar-refractivity contribution in [3.63, 3.8) is 0 Å². The number of halogens is 1. The summed E-state index contributed by atoms with van der Waals surface area (Å²) in [6.07, 6.45) is -0.307. The number of hydrogen-bond donors (Lipinski definition) is 1. The zero-order valence-corrected chi connectivity index (χ0v) is 16.0. The van der Waals surface area contributed by atoms with Crippen molar-refractivity contribution < 1.29 is 14.3 Å². The second-order valence-corrected chi connectivity index (χ2v) is 7.18. The standard InChI is InChI=1S/C17H27BrN2O3/c1-17(2,3)23-16(21)20(10-11-22-4)9-8-19-13-14-6-5-7-15(18)12-14/h5-7,12,19H,8-11,13H2,1-4H3. The minimum absolute atomic E-state index is 0.307. The minimum Gasteiger partial charge on any atom is -0.444 e. The Morgan fingerprint density at radius 3 is 2.65 bits per heavy atom. The molecule has 1 aromatic rings. The van der Waals surface area contributed by atoms with Crippen molar-refractivity contribution in [3.05, 3.63) is 34.3 Å². The van der Waals surface area contributed by atoms with E-state index in [2.05, 4.69) is 33.4 Å². The van der Waals surface area contributed by atoms with E-state index in [0.29, 0.717) is 26.2 Å². The largest absolute Gasteiger partial charge is 0.444 e. The SMILES string of the molecule is COCCN(CCNCc1cccc(Br)c1)C(=O)OC(C)(C)C. The predicted octanol–water partition coefficient (Wildman–Crippen LogP) is 3.42. The molecule has 1 N–H and O–H groups in total. The van der Waals surface area contributed by atoms with Gasteiger partial charge in [-0.3, -0.25) is 0 Å². The Labute approximate surface area is 147 Å². The fourth-order valence-electron chi connectivity index (χ4n) is 1.92. The molecule has 5 nitrogen and oxygen atoms in total. The normalized spacial score (nSPS) is 11.3. The maximum Gasteiger partial charge on any atom is 0.410 e. The molecule has 0 unspecified atom stereocenters. The molecule has 0 aliphatic carbocycles. The van der Waals surface area contributed by atoms with Crippen molar-refractivity contribution in [2.24, 2.45) is 0 Å². The number of hydrogen-bond acceptors (Lipinski definition) is 4. The van der Waals surface area contributed by atoms with E-state index in [1.165, 1.54) is 5.56 Å². The zero-order valence-electron chi connectivity index (χ0n) is 14.4. The maximum atomic E-state index is 12.2. The van der Waals surface area contributed by atoms with E-state index in [0.717, 1.165) is 11.0 Å². The summed E-state index contributed by atoms with van der Waals surface area (Å²) >= 11 is 3.46. The summed E-state index contributed by atoms with van der Waals surface area (Å²) in [6, 6.07) is 8.14. The van der Waals surface area contributed by atoms with Crippen LogP contribution in [0.1, 0.15) is 26.3 Å². The lowest BCUT2D eigenvalue weighted by molar-refractivity contribution is 0.0204. The predicted molar refractivity (Wildman–Crippen MR) is 95.5 cm³/mol. The van der Waals surface area contributed by atoms with E-state index in [1.54, 1.807) is 12.0 Å². The van der Waals surface area contributed by atoms with Crippen LogP contribution in [0.5, 0.6) is 0 Å². The molecule has 0 fully saturated rings. The Bertz CT molecular complexity index is 489. The molecule has 0 bridgehead atoms. The summed E-state index contributed by atoms with van der Waals surface area (Å²) < 4.78 is 11.6. The molecule has 0 radical (unpaired) electrons.